The Balaban J connectivity index is 1.86. The largest absolute Gasteiger partial charge is 0.431 e. The van der Waals surface area contributed by atoms with Gasteiger partial charge in [-0.2, -0.15) is 4.98 Å². The normalized spacial score (nSPS) is 11.0. The van der Waals surface area contributed by atoms with Gasteiger partial charge in [0.05, 0.1) is 5.52 Å². The first kappa shape index (κ1) is 15.5. The van der Waals surface area contributed by atoms with Crippen LogP contribution in [0.15, 0.2) is 48.1 Å². The van der Waals surface area contributed by atoms with Crippen LogP contribution in [0.1, 0.15) is 0 Å². The van der Waals surface area contributed by atoms with Crippen LogP contribution in [0.2, 0.25) is 0 Å². The lowest BCUT2D eigenvalue weighted by Gasteiger charge is -2.09. The molecule has 3 heterocycles. The Morgan fingerprint density at radius 1 is 0.920 bits per heavy atom. The predicted molar refractivity (Wildman–Crippen MR) is 87.0 cm³/mol. The van der Waals surface area contributed by atoms with E-state index in [0.29, 0.717) is 33.7 Å². The fourth-order valence-electron chi connectivity index (χ4n) is 2.26. The van der Waals surface area contributed by atoms with Crippen LogP contribution in [0, 0.1) is 17.5 Å². The summed E-state index contributed by atoms with van der Waals surface area (Å²) in [4.78, 5) is 12.6. The lowest BCUT2D eigenvalue weighted by atomic mass is 10.2. The van der Waals surface area contributed by atoms with Gasteiger partial charge in [0, 0.05) is 30.1 Å². The molecule has 0 unspecified atom stereocenters. The quantitative estimate of drug-likeness (QED) is 0.519. The van der Waals surface area contributed by atoms with E-state index in [2.05, 4.69) is 15.0 Å². The van der Waals surface area contributed by atoms with E-state index in [1.807, 2.05) is 0 Å². The molecule has 4 nitrogen and oxygen atoms in total. The summed E-state index contributed by atoms with van der Waals surface area (Å²) in [5, 5.41) is 1.76. The molecule has 4 rings (SSSR count). The number of ether oxygens (including phenoxy) is 1. The van der Waals surface area contributed by atoms with Crippen molar-refractivity contribution in [2.45, 2.75) is 0 Å². The van der Waals surface area contributed by atoms with Crippen LogP contribution < -0.4 is 4.74 Å². The van der Waals surface area contributed by atoms with Gasteiger partial charge in [0.25, 0.3) is 0 Å². The summed E-state index contributed by atoms with van der Waals surface area (Å²) in [5.41, 5.74) is 1.25. The van der Waals surface area contributed by atoms with Crippen molar-refractivity contribution < 1.29 is 17.9 Å². The summed E-state index contributed by atoms with van der Waals surface area (Å²) in [6.45, 7) is 0. The number of benzene rings is 1. The van der Waals surface area contributed by atoms with Crippen LogP contribution in [-0.4, -0.2) is 15.0 Å². The monoisotopic (exact) mass is 359 g/mol. The van der Waals surface area contributed by atoms with Crippen LogP contribution in [0.3, 0.4) is 0 Å². The molecule has 0 aliphatic heterocycles. The maximum Gasteiger partial charge on any atom is 0.241 e. The molecule has 0 amide bonds. The van der Waals surface area contributed by atoms with E-state index in [1.54, 1.807) is 36.0 Å². The van der Waals surface area contributed by atoms with Gasteiger partial charge in [0.2, 0.25) is 11.6 Å². The van der Waals surface area contributed by atoms with Crippen LogP contribution in [0.5, 0.6) is 11.6 Å². The second kappa shape index (κ2) is 6.14. The van der Waals surface area contributed by atoms with Gasteiger partial charge < -0.3 is 4.74 Å². The Kier molecular flexibility index (Phi) is 3.81. The molecule has 4 aromatic rings. The Bertz CT molecular complexity index is 1050. The first-order valence-corrected chi connectivity index (χ1v) is 7.98. The molecule has 0 bridgehead atoms. The maximum absolute atomic E-state index is 13.9. The van der Waals surface area contributed by atoms with Crippen molar-refractivity contribution in [2.24, 2.45) is 0 Å². The smallest absolute Gasteiger partial charge is 0.241 e. The molecule has 0 aliphatic carbocycles. The zero-order valence-corrected chi connectivity index (χ0v) is 13.2. The van der Waals surface area contributed by atoms with Crippen molar-refractivity contribution >= 4 is 21.6 Å². The molecule has 8 heteroatoms. The minimum atomic E-state index is -1.15. The lowest BCUT2D eigenvalue weighted by Crippen LogP contribution is -1.98. The molecule has 0 saturated carbocycles. The minimum absolute atomic E-state index is 0.00350. The predicted octanol–water partition coefficient (Wildman–Crippen LogP) is 4.96. The second-order valence-electron chi connectivity index (χ2n) is 5.02. The molecule has 0 N–H and O–H groups in total. The third-order valence-corrected chi connectivity index (χ3v) is 4.26. The summed E-state index contributed by atoms with van der Waals surface area (Å²) in [5.74, 6) is -3.71. The minimum Gasteiger partial charge on any atom is -0.431 e. The third-order valence-electron chi connectivity index (χ3n) is 3.37. The molecule has 0 atom stereocenters. The van der Waals surface area contributed by atoms with E-state index in [4.69, 9.17) is 4.74 Å². The van der Waals surface area contributed by atoms with Crippen molar-refractivity contribution in [3.63, 3.8) is 0 Å². The molecule has 0 radical (unpaired) electrons. The van der Waals surface area contributed by atoms with Crippen molar-refractivity contribution in [1.29, 1.82) is 0 Å². The Labute approximate surface area is 143 Å². The summed E-state index contributed by atoms with van der Waals surface area (Å²) < 4.78 is 46.7. The van der Waals surface area contributed by atoms with Gasteiger partial charge in [-0.05, 0) is 23.6 Å². The van der Waals surface area contributed by atoms with E-state index in [1.165, 1.54) is 11.3 Å². The van der Waals surface area contributed by atoms with Gasteiger partial charge in [-0.1, -0.05) is 0 Å². The van der Waals surface area contributed by atoms with Crippen LogP contribution in [0.25, 0.3) is 21.6 Å². The van der Waals surface area contributed by atoms with Gasteiger partial charge in [-0.15, -0.1) is 11.3 Å². The number of pyridine rings is 1. The zero-order chi connectivity index (χ0) is 17.4. The highest BCUT2D eigenvalue weighted by Gasteiger charge is 2.18. The standard InChI is InChI=1S/C17H8F3N3OS/c18-10-7-11(19)14(12(20)8-10)24-17-15-13(3-6-25-15)22-16(23-17)9-1-4-21-5-2-9/h1-8H. The number of hydrogen-bond donors (Lipinski definition) is 0. The lowest BCUT2D eigenvalue weighted by molar-refractivity contribution is 0.394. The van der Waals surface area contributed by atoms with Gasteiger partial charge in [0.1, 0.15) is 10.5 Å². The average Bonchev–Trinajstić information content (AvgIpc) is 3.07. The zero-order valence-electron chi connectivity index (χ0n) is 12.4. The molecule has 0 spiro atoms. The summed E-state index contributed by atoms with van der Waals surface area (Å²) >= 11 is 1.27. The molecule has 124 valence electrons. The van der Waals surface area contributed by atoms with Gasteiger partial charge in [-0.25, -0.2) is 18.2 Å². The Morgan fingerprint density at radius 3 is 2.36 bits per heavy atom. The van der Waals surface area contributed by atoms with Gasteiger partial charge in [0.15, 0.2) is 17.5 Å². The van der Waals surface area contributed by atoms with E-state index >= 15 is 0 Å². The molecular weight excluding hydrogens is 351 g/mol. The second-order valence-corrected chi connectivity index (χ2v) is 5.94. The number of thiophene rings is 1. The SMILES string of the molecule is Fc1cc(F)c(Oc2nc(-c3ccncc3)nc3ccsc23)c(F)c1. The van der Waals surface area contributed by atoms with Crippen molar-refractivity contribution in [3.05, 3.63) is 65.6 Å². The van der Waals surface area contributed by atoms with Crippen LogP contribution >= 0.6 is 11.3 Å². The van der Waals surface area contributed by atoms with Gasteiger partial charge in [-0.3, -0.25) is 4.98 Å². The molecule has 0 saturated heterocycles. The van der Waals surface area contributed by atoms with Crippen molar-refractivity contribution in [1.82, 2.24) is 15.0 Å². The van der Waals surface area contributed by atoms with E-state index in [-0.39, 0.29) is 5.88 Å². The third kappa shape index (κ3) is 2.91. The van der Waals surface area contributed by atoms with Crippen molar-refractivity contribution in [3.8, 4) is 23.0 Å². The van der Waals surface area contributed by atoms with E-state index in [0.717, 1.165) is 0 Å². The molecular formula is C17H8F3N3OS. The highest BCUT2D eigenvalue weighted by molar-refractivity contribution is 7.17. The molecule has 0 aliphatic rings. The molecule has 25 heavy (non-hydrogen) atoms. The maximum atomic E-state index is 13.9. The fourth-order valence-corrected chi connectivity index (χ4v) is 3.01. The van der Waals surface area contributed by atoms with Crippen LogP contribution in [-0.2, 0) is 0 Å². The molecule has 0 fully saturated rings. The highest BCUT2D eigenvalue weighted by Crippen LogP contribution is 2.35. The van der Waals surface area contributed by atoms with Crippen LogP contribution in [0.4, 0.5) is 13.2 Å². The summed E-state index contributed by atoms with van der Waals surface area (Å²) in [6.07, 6.45) is 3.16. The number of rotatable bonds is 3. The average molecular weight is 359 g/mol. The number of nitrogens with zero attached hydrogens (tertiary/aromatic N) is 3. The Morgan fingerprint density at radius 2 is 1.64 bits per heavy atom. The van der Waals surface area contributed by atoms with E-state index < -0.39 is 23.2 Å². The number of halogens is 3. The highest BCUT2D eigenvalue weighted by atomic mass is 32.1. The Hall–Kier alpha value is -3.00. The molecule has 3 aromatic heterocycles. The van der Waals surface area contributed by atoms with Crippen molar-refractivity contribution in [2.75, 3.05) is 0 Å². The summed E-state index contributed by atoms with van der Waals surface area (Å²) in [6, 6.07) is 6.26. The van der Waals surface area contributed by atoms with Gasteiger partial charge >= 0.3 is 0 Å². The van der Waals surface area contributed by atoms with E-state index in [9.17, 15) is 13.2 Å². The first-order valence-electron chi connectivity index (χ1n) is 7.10. The summed E-state index contributed by atoms with van der Waals surface area (Å²) in [7, 11) is 0. The fraction of sp³-hybridized carbons (Fsp3) is 0. The first-order chi connectivity index (χ1) is 12.1. The number of hydrogen-bond acceptors (Lipinski definition) is 5. The number of aromatic nitrogens is 3. The topological polar surface area (TPSA) is 47.9 Å². The number of fused-ring (bicyclic) bond motifs is 1. The molecule has 1 aromatic carbocycles.